The molecule has 6 heteroatoms. The standard InChI is InChI=1S/C15H14N4O2/c1-16-11-5-3-2-4-10(11)14(20)17-9-6-7-12-13(8-9)19-15(21)18-12/h2-8,16H,1H3,(H,17,20)(H2,18,19,21). The van der Waals surface area contributed by atoms with Gasteiger partial charge in [-0.05, 0) is 30.3 Å². The van der Waals surface area contributed by atoms with Crippen molar-refractivity contribution in [3.8, 4) is 0 Å². The number of para-hydroxylation sites is 1. The molecule has 1 heterocycles. The molecule has 0 aliphatic heterocycles. The molecule has 0 atom stereocenters. The second kappa shape index (κ2) is 5.16. The van der Waals surface area contributed by atoms with Crippen LogP contribution in [0.5, 0.6) is 0 Å². The van der Waals surface area contributed by atoms with Crippen LogP contribution in [0.15, 0.2) is 47.3 Å². The highest BCUT2D eigenvalue weighted by Gasteiger charge is 2.10. The first kappa shape index (κ1) is 13.0. The zero-order valence-electron chi connectivity index (χ0n) is 11.4. The van der Waals surface area contributed by atoms with E-state index in [0.717, 1.165) is 5.69 Å². The van der Waals surface area contributed by atoms with Crippen LogP contribution < -0.4 is 16.3 Å². The number of fused-ring (bicyclic) bond motifs is 1. The summed E-state index contributed by atoms with van der Waals surface area (Å²) in [6.07, 6.45) is 0. The van der Waals surface area contributed by atoms with Crippen LogP contribution >= 0.6 is 0 Å². The van der Waals surface area contributed by atoms with Crippen LogP contribution in [-0.4, -0.2) is 22.9 Å². The van der Waals surface area contributed by atoms with E-state index < -0.39 is 0 Å². The summed E-state index contributed by atoms with van der Waals surface area (Å²) < 4.78 is 0. The Morgan fingerprint density at radius 3 is 2.62 bits per heavy atom. The number of anilines is 2. The fraction of sp³-hybridized carbons (Fsp3) is 0.0667. The molecule has 0 bridgehead atoms. The number of hydrogen-bond acceptors (Lipinski definition) is 3. The van der Waals surface area contributed by atoms with E-state index in [4.69, 9.17) is 0 Å². The van der Waals surface area contributed by atoms with Crippen LogP contribution in [0.4, 0.5) is 11.4 Å². The van der Waals surface area contributed by atoms with E-state index in [-0.39, 0.29) is 11.6 Å². The Morgan fingerprint density at radius 1 is 1.05 bits per heavy atom. The number of H-pyrrole nitrogens is 2. The predicted molar refractivity (Wildman–Crippen MR) is 82.9 cm³/mol. The number of aromatic nitrogens is 2. The van der Waals surface area contributed by atoms with E-state index in [2.05, 4.69) is 20.6 Å². The summed E-state index contributed by atoms with van der Waals surface area (Å²) in [7, 11) is 1.77. The molecule has 4 N–H and O–H groups in total. The lowest BCUT2D eigenvalue weighted by atomic mass is 10.1. The monoisotopic (exact) mass is 282 g/mol. The highest BCUT2D eigenvalue weighted by atomic mass is 16.2. The number of aromatic amines is 2. The SMILES string of the molecule is CNc1ccccc1C(=O)Nc1ccc2[nH]c(=O)[nH]c2c1. The van der Waals surface area contributed by atoms with E-state index in [1.54, 1.807) is 31.3 Å². The maximum Gasteiger partial charge on any atom is 0.323 e. The van der Waals surface area contributed by atoms with Crippen molar-refractivity contribution in [3.05, 3.63) is 58.5 Å². The fourth-order valence-electron chi connectivity index (χ4n) is 2.21. The van der Waals surface area contributed by atoms with Gasteiger partial charge in [-0.3, -0.25) is 4.79 Å². The molecule has 0 aliphatic carbocycles. The molecule has 0 radical (unpaired) electrons. The molecule has 0 aliphatic rings. The lowest BCUT2D eigenvalue weighted by Crippen LogP contribution is -2.13. The molecule has 0 unspecified atom stereocenters. The molecule has 1 aromatic heterocycles. The maximum absolute atomic E-state index is 12.3. The van der Waals surface area contributed by atoms with Crippen molar-refractivity contribution >= 4 is 28.3 Å². The van der Waals surface area contributed by atoms with Crippen LogP contribution in [0.25, 0.3) is 11.0 Å². The van der Waals surface area contributed by atoms with Gasteiger partial charge >= 0.3 is 5.69 Å². The van der Waals surface area contributed by atoms with Gasteiger partial charge in [-0.2, -0.15) is 0 Å². The van der Waals surface area contributed by atoms with Crippen molar-refractivity contribution in [1.82, 2.24) is 9.97 Å². The average molecular weight is 282 g/mol. The van der Waals surface area contributed by atoms with Crippen molar-refractivity contribution in [1.29, 1.82) is 0 Å². The molecular weight excluding hydrogens is 268 g/mol. The number of amides is 1. The molecule has 2 aromatic carbocycles. The number of carbonyl (C=O) groups excluding carboxylic acids is 1. The zero-order valence-corrected chi connectivity index (χ0v) is 11.4. The number of imidazole rings is 1. The summed E-state index contributed by atoms with van der Waals surface area (Å²) >= 11 is 0. The number of nitrogens with one attached hydrogen (secondary N) is 4. The van der Waals surface area contributed by atoms with Gasteiger partial charge in [-0.1, -0.05) is 12.1 Å². The van der Waals surface area contributed by atoms with E-state index in [1.807, 2.05) is 18.2 Å². The molecule has 0 fully saturated rings. The van der Waals surface area contributed by atoms with Crippen molar-refractivity contribution in [2.75, 3.05) is 17.7 Å². The van der Waals surface area contributed by atoms with E-state index in [0.29, 0.717) is 22.3 Å². The van der Waals surface area contributed by atoms with Gasteiger partial charge in [0.05, 0.1) is 16.6 Å². The van der Waals surface area contributed by atoms with Gasteiger partial charge < -0.3 is 20.6 Å². The second-order valence-electron chi connectivity index (χ2n) is 4.59. The number of hydrogen-bond donors (Lipinski definition) is 4. The van der Waals surface area contributed by atoms with Gasteiger partial charge in [-0.15, -0.1) is 0 Å². The Hall–Kier alpha value is -3.02. The van der Waals surface area contributed by atoms with Gasteiger partial charge in [0.15, 0.2) is 0 Å². The molecule has 3 rings (SSSR count). The van der Waals surface area contributed by atoms with E-state index in [1.165, 1.54) is 0 Å². The summed E-state index contributed by atoms with van der Waals surface area (Å²) in [5.74, 6) is -0.211. The third-order valence-corrected chi connectivity index (χ3v) is 3.21. The van der Waals surface area contributed by atoms with Gasteiger partial charge in [0.2, 0.25) is 0 Å². The second-order valence-corrected chi connectivity index (χ2v) is 4.59. The van der Waals surface area contributed by atoms with Crippen LogP contribution in [-0.2, 0) is 0 Å². The first-order valence-corrected chi connectivity index (χ1v) is 6.47. The van der Waals surface area contributed by atoms with Gasteiger partial charge in [0, 0.05) is 18.4 Å². The first-order valence-electron chi connectivity index (χ1n) is 6.47. The molecule has 106 valence electrons. The third-order valence-electron chi connectivity index (χ3n) is 3.21. The largest absolute Gasteiger partial charge is 0.387 e. The summed E-state index contributed by atoms with van der Waals surface area (Å²) in [6, 6.07) is 12.5. The number of rotatable bonds is 3. The zero-order chi connectivity index (χ0) is 14.8. The Kier molecular flexibility index (Phi) is 3.19. The molecule has 0 saturated carbocycles. The number of carbonyl (C=O) groups is 1. The summed E-state index contributed by atoms with van der Waals surface area (Å²) in [6.45, 7) is 0. The summed E-state index contributed by atoms with van der Waals surface area (Å²) in [4.78, 5) is 28.8. The van der Waals surface area contributed by atoms with Crippen LogP contribution in [0.1, 0.15) is 10.4 Å². The molecule has 1 amide bonds. The molecule has 6 nitrogen and oxygen atoms in total. The van der Waals surface area contributed by atoms with E-state index in [9.17, 15) is 9.59 Å². The Bertz CT molecular complexity index is 863. The van der Waals surface area contributed by atoms with Crippen molar-refractivity contribution in [2.24, 2.45) is 0 Å². The molecule has 0 saturated heterocycles. The first-order chi connectivity index (χ1) is 10.2. The summed E-state index contributed by atoms with van der Waals surface area (Å²) in [5.41, 5.74) is 3.02. The lowest BCUT2D eigenvalue weighted by molar-refractivity contribution is 0.102. The van der Waals surface area contributed by atoms with Gasteiger partial charge in [-0.25, -0.2) is 4.79 Å². The van der Waals surface area contributed by atoms with E-state index >= 15 is 0 Å². The minimum atomic E-state index is -0.269. The van der Waals surface area contributed by atoms with Crippen molar-refractivity contribution in [3.63, 3.8) is 0 Å². The van der Waals surface area contributed by atoms with Crippen LogP contribution in [0, 0.1) is 0 Å². The van der Waals surface area contributed by atoms with Gasteiger partial charge in [0.25, 0.3) is 5.91 Å². The summed E-state index contributed by atoms with van der Waals surface area (Å²) in [5, 5.41) is 5.80. The molecular formula is C15H14N4O2. The minimum absolute atomic E-state index is 0.211. The Labute approximate surface area is 120 Å². The van der Waals surface area contributed by atoms with Crippen LogP contribution in [0.2, 0.25) is 0 Å². The highest BCUT2D eigenvalue weighted by molar-refractivity contribution is 6.08. The highest BCUT2D eigenvalue weighted by Crippen LogP contribution is 2.18. The average Bonchev–Trinajstić information content (AvgIpc) is 2.86. The normalized spacial score (nSPS) is 10.5. The third kappa shape index (κ3) is 2.51. The van der Waals surface area contributed by atoms with Crippen molar-refractivity contribution in [2.45, 2.75) is 0 Å². The quantitative estimate of drug-likeness (QED) is 0.593. The molecule has 0 spiro atoms. The smallest absolute Gasteiger partial charge is 0.323 e. The lowest BCUT2D eigenvalue weighted by Gasteiger charge is -2.09. The fourth-order valence-corrected chi connectivity index (χ4v) is 2.21. The Morgan fingerprint density at radius 2 is 1.81 bits per heavy atom. The predicted octanol–water partition coefficient (Wildman–Crippen LogP) is 2.15. The van der Waals surface area contributed by atoms with Crippen LogP contribution in [0.3, 0.4) is 0 Å². The number of benzene rings is 2. The van der Waals surface area contributed by atoms with Gasteiger partial charge in [0.1, 0.15) is 0 Å². The molecule has 21 heavy (non-hydrogen) atoms. The minimum Gasteiger partial charge on any atom is -0.387 e. The maximum atomic E-state index is 12.3. The van der Waals surface area contributed by atoms with Crippen molar-refractivity contribution < 1.29 is 4.79 Å². The molecule has 3 aromatic rings. The topological polar surface area (TPSA) is 89.8 Å². The Balaban J connectivity index is 1.90.